The summed E-state index contributed by atoms with van der Waals surface area (Å²) in [5.74, 6) is 0. The minimum atomic E-state index is 0.623. The maximum atomic E-state index is 5.54. The van der Waals surface area contributed by atoms with Gasteiger partial charge in [-0.2, -0.15) is 5.10 Å². The van der Waals surface area contributed by atoms with Crippen LogP contribution in [0.1, 0.15) is 12.1 Å². The Hall–Kier alpha value is -1.61. The molecule has 2 aromatic rings. The fraction of sp³-hybridized carbons (Fsp3) is 0.250. The first-order valence-corrected chi connectivity index (χ1v) is 5.04. The van der Waals surface area contributed by atoms with Gasteiger partial charge in [0.15, 0.2) is 0 Å². The Balaban J connectivity index is 2.58. The van der Waals surface area contributed by atoms with Gasteiger partial charge in [0, 0.05) is 12.4 Å². The molecule has 0 fully saturated rings. The molecule has 0 amide bonds. The molecule has 0 aliphatic carbocycles. The smallest absolute Gasteiger partial charge is 0.0929 e. The van der Waals surface area contributed by atoms with Crippen LogP contribution >= 0.6 is 0 Å². The summed E-state index contributed by atoms with van der Waals surface area (Å²) in [4.78, 5) is 0. The summed E-state index contributed by atoms with van der Waals surface area (Å²) in [6.45, 7) is 4.68. The van der Waals surface area contributed by atoms with Gasteiger partial charge in [0.2, 0.25) is 0 Å². The summed E-state index contributed by atoms with van der Waals surface area (Å²) in [6, 6.07) is 8.09. The molecule has 0 bridgehead atoms. The molecule has 0 radical (unpaired) electrons. The Kier molecular flexibility index (Phi) is 2.56. The summed E-state index contributed by atoms with van der Waals surface area (Å²) in [7, 11) is 1.94. The van der Waals surface area contributed by atoms with Gasteiger partial charge in [-0.15, -0.1) is 0 Å². The van der Waals surface area contributed by atoms with Gasteiger partial charge >= 0.3 is 0 Å². The molecule has 78 valence electrons. The first-order chi connectivity index (χ1) is 7.24. The maximum absolute atomic E-state index is 5.54. The molecule has 1 heterocycles. The average molecular weight is 201 g/mol. The predicted molar refractivity (Wildman–Crippen MR) is 63.4 cm³/mol. The van der Waals surface area contributed by atoms with E-state index in [1.54, 1.807) is 0 Å². The second-order valence-electron chi connectivity index (χ2n) is 3.63. The minimum absolute atomic E-state index is 0.623. The second-order valence-corrected chi connectivity index (χ2v) is 3.63. The van der Waals surface area contributed by atoms with Crippen LogP contribution in [0.3, 0.4) is 0 Å². The van der Waals surface area contributed by atoms with Gasteiger partial charge in [0.25, 0.3) is 0 Å². The SMILES string of the molecule is C=C(CCN)c1c2ccccc2nn1C. The quantitative estimate of drug-likeness (QED) is 0.824. The molecule has 2 rings (SSSR count). The van der Waals surface area contributed by atoms with Crippen molar-refractivity contribution < 1.29 is 0 Å². The zero-order valence-electron chi connectivity index (χ0n) is 8.90. The number of fused-ring (bicyclic) bond motifs is 1. The predicted octanol–water partition coefficient (Wildman–Crippen LogP) is 1.94. The molecule has 0 aliphatic rings. The number of rotatable bonds is 3. The first-order valence-electron chi connectivity index (χ1n) is 5.04. The zero-order chi connectivity index (χ0) is 10.8. The van der Waals surface area contributed by atoms with Crippen LogP contribution in [-0.4, -0.2) is 16.3 Å². The highest BCUT2D eigenvalue weighted by Crippen LogP contribution is 2.24. The minimum Gasteiger partial charge on any atom is -0.330 e. The molecule has 15 heavy (non-hydrogen) atoms. The van der Waals surface area contributed by atoms with Gasteiger partial charge in [-0.3, -0.25) is 4.68 Å². The van der Waals surface area contributed by atoms with Gasteiger partial charge in [0.1, 0.15) is 0 Å². The van der Waals surface area contributed by atoms with Crippen molar-refractivity contribution in [1.29, 1.82) is 0 Å². The first kappa shape index (κ1) is 9.93. The number of aryl methyl sites for hydroxylation is 1. The summed E-state index contributed by atoms with van der Waals surface area (Å²) in [5.41, 5.74) is 8.69. The normalized spacial score (nSPS) is 10.8. The van der Waals surface area contributed by atoms with Crippen molar-refractivity contribution in [2.24, 2.45) is 12.8 Å². The summed E-state index contributed by atoms with van der Waals surface area (Å²) in [5, 5.41) is 5.58. The third-order valence-corrected chi connectivity index (χ3v) is 2.52. The van der Waals surface area contributed by atoms with Crippen molar-refractivity contribution in [3.05, 3.63) is 36.5 Å². The number of aromatic nitrogens is 2. The van der Waals surface area contributed by atoms with E-state index in [4.69, 9.17) is 5.73 Å². The Morgan fingerprint density at radius 3 is 2.93 bits per heavy atom. The molecule has 0 saturated heterocycles. The van der Waals surface area contributed by atoms with Crippen LogP contribution in [0.4, 0.5) is 0 Å². The largest absolute Gasteiger partial charge is 0.330 e. The topological polar surface area (TPSA) is 43.8 Å². The van der Waals surface area contributed by atoms with E-state index < -0.39 is 0 Å². The lowest BCUT2D eigenvalue weighted by atomic mass is 10.1. The number of nitrogens with zero attached hydrogens (tertiary/aromatic N) is 2. The maximum Gasteiger partial charge on any atom is 0.0929 e. The van der Waals surface area contributed by atoms with Gasteiger partial charge in [-0.05, 0) is 24.6 Å². The number of hydrogen-bond acceptors (Lipinski definition) is 2. The van der Waals surface area contributed by atoms with Crippen LogP contribution < -0.4 is 5.73 Å². The Labute approximate surface area is 89.2 Å². The van der Waals surface area contributed by atoms with E-state index in [9.17, 15) is 0 Å². The van der Waals surface area contributed by atoms with E-state index in [0.717, 1.165) is 28.6 Å². The van der Waals surface area contributed by atoms with E-state index in [2.05, 4.69) is 17.7 Å². The molecule has 0 spiro atoms. The van der Waals surface area contributed by atoms with Gasteiger partial charge < -0.3 is 5.73 Å². The summed E-state index contributed by atoms with van der Waals surface area (Å²) in [6.07, 6.45) is 0.809. The van der Waals surface area contributed by atoms with E-state index in [-0.39, 0.29) is 0 Å². The lowest BCUT2D eigenvalue weighted by Gasteiger charge is -2.04. The number of nitrogens with two attached hydrogens (primary N) is 1. The van der Waals surface area contributed by atoms with Crippen LogP contribution in [0.5, 0.6) is 0 Å². The van der Waals surface area contributed by atoms with Gasteiger partial charge in [-0.1, -0.05) is 24.8 Å². The fourth-order valence-electron chi connectivity index (χ4n) is 1.86. The van der Waals surface area contributed by atoms with Crippen molar-refractivity contribution in [2.45, 2.75) is 6.42 Å². The second kappa shape index (κ2) is 3.87. The van der Waals surface area contributed by atoms with Crippen molar-refractivity contribution in [3.63, 3.8) is 0 Å². The number of hydrogen-bond donors (Lipinski definition) is 1. The van der Waals surface area contributed by atoms with E-state index >= 15 is 0 Å². The highest BCUT2D eigenvalue weighted by molar-refractivity contribution is 5.90. The Morgan fingerprint density at radius 1 is 1.47 bits per heavy atom. The van der Waals surface area contributed by atoms with Crippen molar-refractivity contribution in [1.82, 2.24) is 9.78 Å². The molecule has 2 N–H and O–H groups in total. The van der Waals surface area contributed by atoms with E-state index in [1.165, 1.54) is 0 Å². The zero-order valence-corrected chi connectivity index (χ0v) is 8.90. The molecule has 3 heteroatoms. The van der Waals surface area contributed by atoms with Crippen molar-refractivity contribution in [3.8, 4) is 0 Å². The molecular formula is C12H15N3. The fourth-order valence-corrected chi connectivity index (χ4v) is 1.86. The molecule has 1 aromatic heterocycles. The molecule has 0 aliphatic heterocycles. The Morgan fingerprint density at radius 2 is 2.20 bits per heavy atom. The van der Waals surface area contributed by atoms with Crippen LogP contribution in [0, 0.1) is 0 Å². The Bertz CT molecular complexity index is 497. The van der Waals surface area contributed by atoms with E-state index in [1.807, 2.05) is 29.9 Å². The average Bonchev–Trinajstić information content (AvgIpc) is 2.54. The van der Waals surface area contributed by atoms with E-state index in [0.29, 0.717) is 6.54 Å². The molecule has 0 atom stereocenters. The monoisotopic (exact) mass is 201 g/mol. The van der Waals surface area contributed by atoms with Gasteiger partial charge in [0.05, 0.1) is 11.2 Å². The van der Waals surface area contributed by atoms with Crippen LogP contribution in [-0.2, 0) is 7.05 Å². The third-order valence-electron chi connectivity index (χ3n) is 2.52. The summed E-state index contributed by atoms with van der Waals surface area (Å²) >= 11 is 0. The molecule has 0 saturated carbocycles. The van der Waals surface area contributed by atoms with Crippen LogP contribution in [0.2, 0.25) is 0 Å². The van der Waals surface area contributed by atoms with Gasteiger partial charge in [-0.25, -0.2) is 0 Å². The lowest BCUT2D eigenvalue weighted by Crippen LogP contribution is -2.03. The molecular weight excluding hydrogens is 186 g/mol. The molecule has 3 nitrogen and oxygen atoms in total. The lowest BCUT2D eigenvalue weighted by molar-refractivity contribution is 0.763. The van der Waals surface area contributed by atoms with Crippen molar-refractivity contribution >= 4 is 16.5 Å². The highest BCUT2D eigenvalue weighted by Gasteiger charge is 2.10. The number of benzene rings is 1. The van der Waals surface area contributed by atoms with Crippen LogP contribution in [0.15, 0.2) is 30.8 Å². The standard InChI is InChI=1S/C12H15N3/c1-9(7-8-13)12-10-5-3-4-6-11(10)14-15(12)2/h3-6H,1,7-8,13H2,2H3. The summed E-state index contributed by atoms with van der Waals surface area (Å²) < 4.78 is 1.88. The third kappa shape index (κ3) is 1.66. The molecule has 1 aromatic carbocycles. The van der Waals surface area contributed by atoms with Crippen LogP contribution in [0.25, 0.3) is 16.5 Å². The van der Waals surface area contributed by atoms with Crippen molar-refractivity contribution in [2.75, 3.05) is 6.54 Å². The molecule has 0 unspecified atom stereocenters. The highest BCUT2D eigenvalue weighted by atomic mass is 15.3.